The van der Waals surface area contributed by atoms with Gasteiger partial charge in [0, 0.05) is 19.1 Å². The van der Waals surface area contributed by atoms with Crippen LogP contribution in [0.5, 0.6) is 5.75 Å². The summed E-state index contributed by atoms with van der Waals surface area (Å²) in [6.07, 6.45) is 5.13. The molecule has 2 N–H and O–H groups in total. The first kappa shape index (κ1) is 14.7. The van der Waals surface area contributed by atoms with Crippen molar-refractivity contribution in [2.45, 2.75) is 44.8 Å². The largest absolute Gasteiger partial charge is 0.487 e. The van der Waals surface area contributed by atoms with Crippen molar-refractivity contribution in [2.24, 2.45) is 0 Å². The molecule has 0 amide bonds. The van der Waals surface area contributed by atoms with E-state index in [4.69, 9.17) is 15.2 Å². The number of anilines is 1. The molecule has 2 atom stereocenters. The molecule has 1 aromatic rings. The molecule has 2 aliphatic rings. The Morgan fingerprint density at radius 2 is 1.95 bits per heavy atom. The quantitative estimate of drug-likeness (QED) is 0.869. The zero-order chi connectivity index (χ0) is 14.7. The summed E-state index contributed by atoms with van der Waals surface area (Å²) in [4.78, 5) is 2.54. The second kappa shape index (κ2) is 6.67. The highest BCUT2D eigenvalue weighted by Gasteiger charge is 2.32. The SMILES string of the molecule is Cc1ccc(OC2CCCCC2N2CCOCC2)c(N)c1. The standard InChI is InChI=1S/C17H26N2O2/c1-13-6-7-16(14(18)12-13)21-17-5-3-2-4-15(17)19-8-10-20-11-9-19/h6-7,12,15,17H,2-5,8-11,18H2,1H3. The van der Waals surface area contributed by atoms with E-state index < -0.39 is 0 Å². The first-order valence-electron chi connectivity index (χ1n) is 8.08. The lowest BCUT2D eigenvalue weighted by atomic mass is 9.91. The minimum Gasteiger partial charge on any atom is -0.487 e. The van der Waals surface area contributed by atoms with Crippen molar-refractivity contribution in [3.05, 3.63) is 23.8 Å². The summed E-state index contributed by atoms with van der Waals surface area (Å²) in [5.41, 5.74) is 8.03. The molecule has 1 saturated heterocycles. The lowest BCUT2D eigenvalue weighted by Gasteiger charge is -2.41. The second-order valence-electron chi connectivity index (χ2n) is 6.20. The number of hydrogen-bond acceptors (Lipinski definition) is 4. The monoisotopic (exact) mass is 290 g/mol. The van der Waals surface area contributed by atoms with Crippen LogP contribution >= 0.6 is 0 Å². The summed E-state index contributed by atoms with van der Waals surface area (Å²) < 4.78 is 11.8. The zero-order valence-electron chi connectivity index (χ0n) is 12.9. The number of nitrogens with two attached hydrogens (primary N) is 1. The van der Waals surface area contributed by atoms with Gasteiger partial charge >= 0.3 is 0 Å². The van der Waals surface area contributed by atoms with Gasteiger partial charge in [0.15, 0.2) is 0 Å². The molecule has 0 radical (unpaired) electrons. The predicted molar refractivity (Wildman–Crippen MR) is 84.7 cm³/mol. The van der Waals surface area contributed by atoms with Gasteiger partial charge in [-0.1, -0.05) is 12.5 Å². The van der Waals surface area contributed by atoms with E-state index in [0.717, 1.165) is 44.2 Å². The van der Waals surface area contributed by atoms with Crippen molar-refractivity contribution in [1.82, 2.24) is 4.90 Å². The first-order valence-corrected chi connectivity index (χ1v) is 8.08. The zero-order valence-corrected chi connectivity index (χ0v) is 12.9. The third-order valence-corrected chi connectivity index (χ3v) is 4.63. The highest BCUT2D eigenvalue weighted by atomic mass is 16.5. The number of nitrogen functional groups attached to an aromatic ring is 1. The van der Waals surface area contributed by atoms with Crippen LogP contribution < -0.4 is 10.5 Å². The maximum atomic E-state index is 6.30. The number of rotatable bonds is 3. The van der Waals surface area contributed by atoms with Crippen LogP contribution in [0.4, 0.5) is 5.69 Å². The minimum absolute atomic E-state index is 0.252. The van der Waals surface area contributed by atoms with Gasteiger partial charge < -0.3 is 15.2 Å². The van der Waals surface area contributed by atoms with Crippen molar-refractivity contribution in [3.8, 4) is 5.75 Å². The summed E-state index contributed by atoms with van der Waals surface area (Å²) in [5.74, 6) is 0.839. The van der Waals surface area contributed by atoms with Crippen molar-refractivity contribution < 1.29 is 9.47 Å². The molecule has 1 aromatic carbocycles. The van der Waals surface area contributed by atoms with E-state index in [1.54, 1.807) is 0 Å². The lowest BCUT2D eigenvalue weighted by Crippen LogP contribution is -2.52. The van der Waals surface area contributed by atoms with Gasteiger partial charge in [0.2, 0.25) is 0 Å². The molecule has 1 heterocycles. The van der Waals surface area contributed by atoms with Gasteiger partial charge in [-0.25, -0.2) is 0 Å². The number of aryl methyl sites for hydroxylation is 1. The molecule has 21 heavy (non-hydrogen) atoms. The Labute approximate surface area is 127 Å². The van der Waals surface area contributed by atoms with E-state index in [0.29, 0.717) is 6.04 Å². The molecule has 2 unspecified atom stereocenters. The van der Waals surface area contributed by atoms with E-state index >= 15 is 0 Å². The van der Waals surface area contributed by atoms with Crippen LogP contribution in [-0.2, 0) is 4.74 Å². The molecule has 1 saturated carbocycles. The van der Waals surface area contributed by atoms with Crippen LogP contribution in [0.1, 0.15) is 31.2 Å². The molecule has 2 fully saturated rings. The Morgan fingerprint density at radius 1 is 1.19 bits per heavy atom. The number of hydrogen-bond donors (Lipinski definition) is 1. The van der Waals surface area contributed by atoms with E-state index in [1.807, 2.05) is 12.1 Å². The Kier molecular flexibility index (Phi) is 4.66. The van der Waals surface area contributed by atoms with Gasteiger partial charge in [-0.05, 0) is 43.9 Å². The Bertz CT molecular complexity index is 472. The van der Waals surface area contributed by atoms with Crippen molar-refractivity contribution in [2.75, 3.05) is 32.0 Å². The third kappa shape index (κ3) is 3.50. The van der Waals surface area contributed by atoms with Crippen LogP contribution in [0.15, 0.2) is 18.2 Å². The summed E-state index contributed by atoms with van der Waals surface area (Å²) in [6, 6.07) is 6.57. The molecular formula is C17H26N2O2. The van der Waals surface area contributed by atoms with E-state index in [2.05, 4.69) is 17.9 Å². The molecule has 3 rings (SSSR count). The number of ether oxygens (including phenoxy) is 2. The molecule has 0 spiro atoms. The fraction of sp³-hybridized carbons (Fsp3) is 0.647. The minimum atomic E-state index is 0.252. The van der Waals surface area contributed by atoms with E-state index in [9.17, 15) is 0 Å². The fourth-order valence-corrected chi connectivity index (χ4v) is 3.48. The normalized spacial score (nSPS) is 27.5. The molecule has 0 bridgehead atoms. The van der Waals surface area contributed by atoms with Crippen LogP contribution in [0, 0.1) is 6.92 Å². The number of benzene rings is 1. The maximum absolute atomic E-state index is 6.30. The molecule has 4 nitrogen and oxygen atoms in total. The van der Waals surface area contributed by atoms with Gasteiger partial charge in [-0.15, -0.1) is 0 Å². The number of morpholine rings is 1. The number of nitrogens with zero attached hydrogens (tertiary/aromatic N) is 1. The van der Waals surface area contributed by atoms with E-state index in [1.165, 1.54) is 24.8 Å². The van der Waals surface area contributed by atoms with Crippen LogP contribution in [0.25, 0.3) is 0 Å². The van der Waals surface area contributed by atoms with Crippen molar-refractivity contribution in [1.29, 1.82) is 0 Å². The summed E-state index contributed by atoms with van der Waals surface area (Å²) >= 11 is 0. The van der Waals surface area contributed by atoms with Gasteiger partial charge in [0.05, 0.1) is 18.9 Å². The topological polar surface area (TPSA) is 47.7 Å². The Balaban J connectivity index is 1.71. The van der Waals surface area contributed by atoms with Crippen LogP contribution in [-0.4, -0.2) is 43.3 Å². The highest BCUT2D eigenvalue weighted by Crippen LogP contribution is 2.30. The second-order valence-corrected chi connectivity index (χ2v) is 6.20. The van der Waals surface area contributed by atoms with Gasteiger partial charge in [0.1, 0.15) is 11.9 Å². The summed E-state index contributed by atoms with van der Waals surface area (Å²) in [6.45, 7) is 5.78. The average molecular weight is 290 g/mol. The summed E-state index contributed by atoms with van der Waals surface area (Å²) in [7, 11) is 0. The molecular weight excluding hydrogens is 264 g/mol. The predicted octanol–water partition coefficient (Wildman–Crippen LogP) is 2.60. The fourth-order valence-electron chi connectivity index (χ4n) is 3.48. The third-order valence-electron chi connectivity index (χ3n) is 4.63. The Morgan fingerprint density at radius 3 is 2.71 bits per heavy atom. The molecule has 116 valence electrons. The van der Waals surface area contributed by atoms with E-state index in [-0.39, 0.29) is 6.10 Å². The summed E-state index contributed by atoms with van der Waals surface area (Å²) in [5, 5.41) is 0. The van der Waals surface area contributed by atoms with Gasteiger partial charge in [-0.2, -0.15) is 0 Å². The molecule has 0 aromatic heterocycles. The van der Waals surface area contributed by atoms with Gasteiger partial charge in [0.25, 0.3) is 0 Å². The van der Waals surface area contributed by atoms with Crippen molar-refractivity contribution >= 4 is 5.69 Å². The molecule has 1 aliphatic heterocycles. The van der Waals surface area contributed by atoms with Crippen LogP contribution in [0.2, 0.25) is 0 Å². The van der Waals surface area contributed by atoms with Crippen LogP contribution in [0.3, 0.4) is 0 Å². The Hall–Kier alpha value is -1.26. The smallest absolute Gasteiger partial charge is 0.142 e. The lowest BCUT2D eigenvalue weighted by molar-refractivity contribution is -0.0279. The first-order chi connectivity index (χ1) is 10.2. The molecule has 4 heteroatoms. The average Bonchev–Trinajstić information content (AvgIpc) is 2.51. The van der Waals surface area contributed by atoms with Crippen molar-refractivity contribution in [3.63, 3.8) is 0 Å². The maximum Gasteiger partial charge on any atom is 0.142 e. The van der Waals surface area contributed by atoms with Gasteiger partial charge in [-0.3, -0.25) is 4.90 Å². The molecule has 1 aliphatic carbocycles. The highest BCUT2D eigenvalue weighted by molar-refractivity contribution is 5.54.